The van der Waals surface area contributed by atoms with E-state index in [1.807, 2.05) is 0 Å². The monoisotopic (exact) mass is 472 g/mol. The van der Waals surface area contributed by atoms with Gasteiger partial charge in [0, 0.05) is 0 Å². The Bertz CT molecular complexity index is 994. The Balaban J connectivity index is 0.000000806. The summed E-state index contributed by atoms with van der Waals surface area (Å²) < 4.78 is 0. The van der Waals surface area contributed by atoms with Crippen molar-refractivity contribution >= 4 is 18.6 Å². The number of benzene rings is 3. The average Bonchev–Trinajstić information content (AvgIpc) is 3.11. The molecule has 1 nitrogen and oxygen atoms in total. The van der Waals surface area contributed by atoms with Gasteiger partial charge < -0.3 is 5.32 Å². The predicted octanol–water partition coefficient (Wildman–Crippen LogP) is 8.92. The van der Waals surface area contributed by atoms with Crippen molar-refractivity contribution in [1.29, 1.82) is 0 Å². The molecule has 0 aliphatic heterocycles. The summed E-state index contributed by atoms with van der Waals surface area (Å²) in [4.78, 5) is 0. The average molecular weight is 473 g/mol. The Morgan fingerprint density at radius 1 is 0.833 bits per heavy atom. The van der Waals surface area contributed by atoms with E-state index in [2.05, 4.69) is 94.4 Å². The van der Waals surface area contributed by atoms with Gasteiger partial charge in [0.15, 0.2) is 0 Å². The van der Waals surface area contributed by atoms with E-state index in [4.69, 9.17) is 23.9 Å². The van der Waals surface area contributed by atoms with E-state index < -0.39 is 17.0 Å². The molecule has 1 atom stereocenters. The first-order valence-electron chi connectivity index (χ1n) is 10.4. The molecule has 4 heteroatoms. The third kappa shape index (κ3) is 5.39. The van der Waals surface area contributed by atoms with Crippen molar-refractivity contribution < 1.29 is 17.0 Å². The quantitative estimate of drug-likeness (QED) is 0.263. The van der Waals surface area contributed by atoms with Gasteiger partial charge in [0.2, 0.25) is 0 Å². The molecule has 3 aromatic rings. The van der Waals surface area contributed by atoms with Crippen LogP contribution in [0.15, 0.2) is 66.7 Å². The van der Waals surface area contributed by atoms with Gasteiger partial charge in [-0.05, 0) is 39.8 Å². The standard InChI is InChI=1S/C26H28N.2ClH.Ti/c1-5-25(27-26(2,3)4)23-14-9-8-13-21(23)22-16-10-15-20-19-12-7-6-11-18(19)17-24(20)22;;;/h6-16,25H,5,17H2,1-4H3;2*1H;/q-1;;;+2/p-2. The van der Waals surface area contributed by atoms with E-state index >= 15 is 0 Å². The summed E-state index contributed by atoms with van der Waals surface area (Å²) in [6.07, 6.45) is 2.03. The Morgan fingerprint density at radius 3 is 2.00 bits per heavy atom. The number of hydrogen-bond donors (Lipinski definition) is 0. The summed E-state index contributed by atoms with van der Waals surface area (Å²) in [6, 6.07) is 24.6. The van der Waals surface area contributed by atoms with Gasteiger partial charge in [-0.1, -0.05) is 106 Å². The van der Waals surface area contributed by atoms with Crippen molar-refractivity contribution in [2.24, 2.45) is 0 Å². The molecule has 156 valence electrons. The maximum absolute atomic E-state index is 5.12. The fourth-order valence-electron chi connectivity index (χ4n) is 4.29. The zero-order valence-electron chi connectivity index (χ0n) is 18.0. The number of fused-ring (bicyclic) bond motifs is 3. The molecule has 0 fully saturated rings. The van der Waals surface area contributed by atoms with Crippen LogP contribution in [0.3, 0.4) is 0 Å². The molecule has 3 aromatic carbocycles. The minimum absolute atomic E-state index is 0.0390. The minimum atomic E-state index is -0.556. The number of rotatable bonds is 4. The summed E-state index contributed by atoms with van der Waals surface area (Å²) in [5, 5.41) is 5.12. The molecule has 0 saturated carbocycles. The molecule has 30 heavy (non-hydrogen) atoms. The fourth-order valence-corrected chi connectivity index (χ4v) is 4.29. The molecule has 0 saturated heterocycles. The second-order valence-corrected chi connectivity index (χ2v) is 11.1. The van der Waals surface area contributed by atoms with E-state index in [9.17, 15) is 0 Å². The first kappa shape index (κ1) is 23.6. The van der Waals surface area contributed by atoms with Crippen molar-refractivity contribution in [1.82, 2.24) is 0 Å². The van der Waals surface area contributed by atoms with Crippen LogP contribution in [-0.4, -0.2) is 5.54 Å². The third-order valence-electron chi connectivity index (χ3n) is 5.39. The van der Waals surface area contributed by atoms with E-state index in [0.717, 1.165) is 12.8 Å². The van der Waals surface area contributed by atoms with Gasteiger partial charge in [0.1, 0.15) is 0 Å². The van der Waals surface area contributed by atoms with Crippen LogP contribution in [0.25, 0.3) is 27.6 Å². The Morgan fingerprint density at radius 2 is 1.37 bits per heavy atom. The molecular formula is C26H28Cl2NTi-. The second-order valence-electron chi connectivity index (χ2n) is 8.55. The van der Waals surface area contributed by atoms with Crippen LogP contribution in [0.4, 0.5) is 0 Å². The van der Waals surface area contributed by atoms with Crippen LogP contribution < -0.4 is 0 Å². The summed E-state index contributed by atoms with van der Waals surface area (Å²) in [6.45, 7) is 8.81. The molecule has 0 amide bonds. The van der Waals surface area contributed by atoms with Crippen molar-refractivity contribution in [3.8, 4) is 22.3 Å². The number of nitrogens with zero attached hydrogens (tertiary/aromatic N) is 1. The molecule has 0 bridgehead atoms. The number of halogens is 2. The van der Waals surface area contributed by atoms with Gasteiger partial charge in [-0.2, -0.15) is 0 Å². The molecular weight excluding hydrogens is 445 g/mol. The zero-order valence-corrected chi connectivity index (χ0v) is 21.1. The van der Waals surface area contributed by atoms with Crippen LogP contribution in [-0.2, 0) is 23.5 Å². The molecule has 0 heterocycles. The molecule has 0 N–H and O–H groups in total. The Hall–Kier alpha value is -1.09. The Kier molecular flexibility index (Phi) is 8.24. The van der Waals surface area contributed by atoms with Crippen molar-refractivity contribution in [2.75, 3.05) is 0 Å². The summed E-state index contributed by atoms with van der Waals surface area (Å²) in [5.41, 5.74) is 9.67. The molecule has 1 aliphatic carbocycles. The second kappa shape index (κ2) is 10.5. The van der Waals surface area contributed by atoms with Gasteiger partial charge in [0.25, 0.3) is 0 Å². The summed E-state index contributed by atoms with van der Waals surface area (Å²) >= 11 is -0.556. The van der Waals surface area contributed by atoms with Gasteiger partial charge >= 0.3 is 35.6 Å². The molecule has 0 spiro atoms. The summed E-state index contributed by atoms with van der Waals surface area (Å²) in [5.74, 6) is 0. The first-order chi connectivity index (χ1) is 14.4. The van der Waals surface area contributed by atoms with Gasteiger partial charge in [-0.25, -0.2) is 0 Å². The molecule has 1 unspecified atom stereocenters. The summed E-state index contributed by atoms with van der Waals surface area (Å²) in [7, 11) is 9.78. The van der Waals surface area contributed by atoms with Gasteiger partial charge in [0.05, 0.1) is 0 Å². The van der Waals surface area contributed by atoms with Gasteiger partial charge in [-0.3, -0.25) is 0 Å². The van der Waals surface area contributed by atoms with E-state index in [1.165, 1.54) is 38.9 Å². The normalized spacial score (nSPS) is 13.0. The molecule has 0 aromatic heterocycles. The molecule has 4 rings (SSSR count). The fraction of sp³-hybridized carbons (Fsp3) is 0.308. The predicted molar refractivity (Wildman–Crippen MR) is 128 cm³/mol. The van der Waals surface area contributed by atoms with E-state index in [1.54, 1.807) is 0 Å². The number of hydrogen-bond acceptors (Lipinski definition) is 0. The third-order valence-corrected chi connectivity index (χ3v) is 5.39. The maximum atomic E-state index is 5.12. The van der Waals surface area contributed by atoms with Crippen molar-refractivity contribution in [3.63, 3.8) is 0 Å². The Labute approximate surface area is 197 Å². The van der Waals surface area contributed by atoms with Crippen LogP contribution in [0.1, 0.15) is 56.8 Å². The van der Waals surface area contributed by atoms with Gasteiger partial charge in [-0.15, -0.1) is 11.6 Å². The topological polar surface area (TPSA) is 14.1 Å². The first-order valence-corrected chi connectivity index (χ1v) is 14.7. The van der Waals surface area contributed by atoms with Crippen LogP contribution in [0.5, 0.6) is 0 Å². The zero-order chi connectivity index (χ0) is 21.7. The van der Waals surface area contributed by atoms with E-state index in [0.29, 0.717) is 0 Å². The van der Waals surface area contributed by atoms with Crippen LogP contribution >= 0.6 is 18.6 Å². The van der Waals surface area contributed by atoms with Crippen molar-refractivity contribution in [2.45, 2.75) is 52.1 Å². The molecule has 0 radical (unpaired) electrons. The van der Waals surface area contributed by atoms with Crippen molar-refractivity contribution in [3.05, 3.63) is 88.7 Å². The van der Waals surface area contributed by atoms with Crippen LogP contribution in [0.2, 0.25) is 0 Å². The van der Waals surface area contributed by atoms with E-state index in [-0.39, 0.29) is 11.6 Å². The van der Waals surface area contributed by atoms with Crippen LogP contribution in [0, 0.1) is 0 Å². The SMILES string of the molecule is CCC([N-]C(C)(C)C)c1ccccc1-c1cccc2c1Cc1ccccc1-2.[Cl][Ti][Cl]. The molecule has 1 aliphatic rings.